The van der Waals surface area contributed by atoms with Gasteiger partial charge in [-0.1, -0.05) is 29.8 Å². The van der Waals surface area contributed by atoms with Crippen LogP contribution in [0.1, 0.15) is 31.2 Å². The first-order valence-electron chi connectivity index (χ1n) is 11.3. The quantitative estimate of drug-likeness (QED) is 0.148. The molecule has 0 amide bonds. The van der Waals surface area contributed by atoms with Gasteiger partial charge < -0.3 is 39.5 Å². The number of halogens is 2. The van der Waals surface area contributed by atoms with E-state index in [0.29, 0.717) is 16.6 Å². The van der Waals surface area contributed by atoms with Crippen LogP contribution in [0.2, 0.25) is 5.15 Å². The molecule has 1 aliphatic heterocycles. The average Bonchev–Trinajstić information content (AvgIpc) is 3.33. The van der Waals surface area contributed by atoms with Crippen molar-refractivity contribution in [2.45, 2.75) is 43.9 Å². The molecule has 6 atom stereocenters. The lowest BCUT2D eigenvalue weighted by Gasteiger charge is -2.18. The number of aromatic nitrogens is 3. The summed E-state index contributed by atoms with van der Waals surface area (Å²) in [7, 11) is -9.38. The van der Waals surface area contributed by atoms with Crippen LogP contribution < -0.4 is 5.32 Å². The predicted octanol–water partition coefficient (Wildman–Crippen LogP) is 2.74. The highest BCUT2D eigenvalue weighted by atomic mass is 35.5. The van der Waals surface area contributed by atoms with Crippen molar-refractivity contribution in [2.24, 2.45) is 0 Å². The predicted molar refractivity (Wildman–Crippen MR) is 134 cm³/mol. The zero-order chi connectivity index (χ0) is 27.8. The van der Waals surface area contributed by atoms with Gasteiger partial charge in [-0.3, -0.25) is 9.13 Å². The number of fused-ring (bicyclic) bond motifs is 1. The van der Waals surface area contributed by atoms with Crippen LogP contribution in [-0.2, 0) is 18.4 Å². The first-order chi connectivity index (χ1) is 17.8. The minimum Gasteiger partial charge on any atom is -0.388 e. The van der Waals surface area contributed by atoms with Crippen LogP contribution in [-0.4, -0.2) is 70.5 Å². The van der Waals surface area contributed by atoms with Crippen LogP contribution >= 0.6 is 26.8 Å². The Morgan fingerprint density at radius 2 is 1.95 bits per heavy atom. The molecule has 3 heterocycles. The number of nitrogens with zero attached hydrogens (tertiary/aromatic N) is 3. The number of aliphatic hydroxyl groups is 2. The summed E-state index contributed by atoms with van der Waals surface area (Å²) in [4.78, 5) is 31.6. The van der Waals surface area contributed by atoms with Crippen molar-refractivity contribution in [3.63, 3.8) is 0 Å². The molecule has 2 aromatic heterocycles. The molecule has 6 N–H and O–H groups in total. The number of pyridine rings is 1. The average molecular weight is 595 g/mol. The fourth-order valence-corrected chi connectivity index (χ4v) is 6.95. The molecule has 0 spiro atoms. The second-order valence-corrected chi connectivity index (χ2v) is 13.2. The highest BCUT2D eigenvalue weighted by molar-refractivity contribution is 7.70. The lowest BCUT2D eigenvalue weighted by molar-refractivity contribution is -0.0465. The molecular weight excluding hydrogens is 569 g/mol. The van der Waals surface area contributed by atoms with Crippen molar-refractivity contribution in [2.75, 3.05) is 17.8 Å². The molecule has 1 aliphatic rings. The number of aliphatic hydroxyl groups excluding tert-OH is 2. The molecule has 0 saturated carbocycles. The standard InChI is InChI=1S/C21H26ClFN4O9P2/c1-11(12-4-2-3-5-14(12)23)25-15-8-17(22)26-20-13(15)9-24-27(20)21-19(29)18(28)16(36-21)6-7-35-38(33,34)10-37(30,31)32/h2-5,8-9,11,16,18-19,21,28-29H,6-7,10H2,1H3,(H,25,26)(H,33,34)(H2,30,31,32)/t11-,16+,18+,19+,21+/m0/s1. The largest absolute Gasteiger partial charge is 0.388 e. The van der Waals surface area contributed by atoms with E-state index >= 15 is 0 Å². The van der Waals surface area contributed by atoms with Crippen LogP contribution in [0.3, 0.4) is 0 Å². The molecular formula is C21H26ClFN4O9P2. The van der Waals surface area contributed by atoms with Crippen LogP contribution in [0.5, 0.6) is 0 Å². The topological polar surface area (TPSA) is 196 Å². The van der Waals surface area contributed by atoms with Crippen molar-refractivity contribution in [1.82, 2.24) is 14.8 Å². The zero-order valence-corrected chi connectivity index (χ0v) is 22.4. The van der Waals surface area contributed by atoms with E-state index in [1.54, 1.807) is 31.2 Å². The van der Waals surface area contributed by atoms with E-state index in [1.807, 2.05) is 0 Å². The van der Waals surface area contributed by atoms with Gasteiger partial charge in [0.15, 0.2) is 17.8 Å². The maximum absolute atomic E-state index is 14.3. The SMILES string of the molecule is C[C@H](Nc1cc(Cl)nc2c1cnn2[C@@H]1O[C@H](CCOP(=O)(O)CP(=O)(O)O)[C@@H](O)[C@H]1O)c1ccccc1F. The Bertz CT molecular complexity index is 1410. The third-order valence-corrected chi connectivity index (χ3v) is 9.60. The van der Waals surface area contributed by atoms with E-state index in [1.165, 1.54) is 16.9 Å². The molecule has 1 saturated heterocycles. The van der Waals surface area contributed by atoms with Crippen LogP contribution in [0.25, 0.3) is 11.0 Å². The summed E-state index contributed by atoms with van der Waals surface area (Å²) < 4.78 is 48.7. The maximum Gasteiger partial charge on any atom is 0.340 e. The van der Waals surface area contributed by atoms with Gasteiger partial charge in [0.2, 0.25) is 0 Å². The first-order valence-corrected chi connectivity index (χ1v) is 15.3. The summed E-state index contributed by atoms with van der Waals surface area (Å²) in [6.45, 7) is 1.28. The molecule has 208 valence electrons. The highest BCUT2D eigenvalue weighted by Gasteiger charge is 2.45. The molecule has 1 aromatic carbocycles. The first kappa shape index (κ1) is 29.0. The summed E-state index contributed by atoms with van der Waals surface area (Å²) >= 11 is 6.23. The minimum atomic E-state index is -4.79. The van der Waals surface area contributed by atoms with E-state index in [2.05, 4.69) is 15.4 Å². The van der Waals surface area contributed by atoms with Crippen LogP contribution in [0.15, 0.2) is 36.5 Å². The molecule has 1 unspecified atom stereocenters. The van der Waals surface area contributed by atoms with Crippen LogP contribution in [0, 0.1) is 5.82 Å². The van der Waals surface area contributed by atoms with Gasteiger partial charge >= 0.3 is 15.2 Å². The summed E-state index contributed by atoms with van der Waals surface area (Å²) in [6, 6.07) is 7.39. The number of rotatable bonds is 10. The van der Waals surface area contributed by atoms with E-state index < -0.39 is 58.3 Å². The number of anilines is 1. The van der Waals surface area contributed by atoms with Crippen molar-refractivity contribution in [3.8, 4) is 0 Å². The maximum atomic E-state index is 14.3. The smallest absolute Gasteiger partial charge is 0.340 e. The lowest BCUT2D eigenvalue weighted by atomic mass is 10.1. The number of ether oxygens (including phenoxy) is 1. The summed E-state index contributed by atoms with van der Waals surface area (Å²) in [5.74, 6) is -1.73. The van der Waals surface area contributed by atoms with Crippen LogP contribution in [0.4, 0.5) is 10.1 Å². The molecule has 38 heavy (non-hydrogen) atoms. The molecule has 1 fully saturated rings. The van der Waals surface area contributed by atoms with Gasteiger partial charge in [-0.25, -0.2) is 14.1 Å². The van der Waals surface area contributed by atoms with E-state index in [0.717, 1.165) is 0 Å². The van der Waals surface area contributed by atoms with Gasteiger partial charge in [0, 0.05) is 12.0 Å². The molecule has 0 radical (unpaired) electrons. The normalized spacial score (nSPS) is 24.4. The Hall–Kier alpha value is -1.96. The molecule has 0 bridgehead atoms. The highest BCUT2D eigenvalue weighted by Crippen LogP contribution is 2.55. The number of hydrogen-bond donors (Lipinski definition) is 6. The van der Waals surface area contributed by atoms with Gasteiger partial charge in [0.25, 0.3) is 0 Å². The molecule has 17 heteroatoms. The van der Waals surface area contributed by atoms with Gasteiger partial charge in [0.1, 0.15) is 23.2 Å². The van der Waals surface area contributed by atoms with Crippen molar-refractivity contribution in [3.05, 3.63) is 53.1 Å². The Labute approximate surface area is 220 Å². The second kappa shape index (κ2) is 11.3. The Morgan fingerprint density at radius 3 is 2.63 bits per heavy atom. The van der Waals surface area contributed by atoms with Crippen molar-refractivity contribution >= 4 is 43.5 Å². The summed E-state index contributed by atoms with van der Waals surface area (Å²) in [6.07, 6.45) is -3.94. The summed E-state index contributed by atoms with van der Waals surface area (Å²) in [5.41, 5.74) is 1.12. The Morgan fingerprint density at radius 1 is 1.24 bits per heavy atom. The fourth-order valence-electron chi connectivity index (χ4n) is 4.19. The number of nitrogens with one attached hydrogen (secondary N) is 1. The van der Waals surface area contributed by atoms with E-state index in [9.17, 15) is 28.6 Å². The summed E-state index contributed by atoms with van der Waals surface area (Å²) in [5, 5.41) is 29.1. The number of hydrogen-bond acceptors (Lipinski definition) is 9. The molecule has 13 nitrogen and oxygen atoms in total. The van der Waals surface area contributed by atoms with Gasteiger partial charge in [-0.05, 0) is 19.1 Å². The van der Waals surface area contributed by atoms with E-state index in [-0.39, 0.29) is 23.0 Å². The second-order valence-electron chi connectivity index (χ2n) is 8.82. The zero-order valence-electron chi connectivity index (χ0n) is 19.8. The van der Waals surface area contributed by atoms with Gasteiger partial charge in [-0.15, -0.1) is 0 Å². The van der Waals surface area contributed by atoms with Crippen molar-refractivity contribution in [1.29, 1.82) is 0 Å². The molecule has 4 rings (SSSR count). The fraction of sp³-hybridized carbons (Fsp3) is 0.429. The number of benzene rings is 1. The minimum absolute atomic E-state index is 0.0734. The molecule has 0 aliphatic carbocycles. The third kappa shape index (κ3) is 6.60. The lowest BCUT2D eigenvalue weighted by Crippen LogP contribution is -2.32. The molecule has 3 aromatic rings. The van der Waals surface area contributed by atoms with E-state index in [4.69, 9.17) is 30.6 Å². The third-order valence-electron chi connectivity index (χ3n) is 5.92. The monoisotopic (exact) mass is 594 g/mol. The van der Waals surface area contributed by atoms with Gasteiger partial charge in [-0.2, -0.15) is 5.10 Å². The Kier molecular flexibility index (Phi) is 8.61. The Balaban J connectivity index is 1.51. The van der Waals surface area contributed by atoms with Gasteiger partial charge in [0.05, 0.1) is 36.0 Å². The van der Waals surface area contributed by atoms with Crippen molar-refractivity contribution < 1.29 is 47.7 Å².